The van der Waals surface area contributed by atoms with Gasteiger partial charge in [-0.2, -0.15) is 0 Å². The van der Waals surface area contributed by atoms with Gasteiger partial charge in [-0.25, -0.2) is 0 Å². The van der Waals surface area contributed by atoms with E-state index in [0.717, 1.165) is 19.4 Å². The number of nitrogens with zero attached hydrogens (tertiary/aromatic N) is 2. The van der Waals surface area contributed by atoms with E-state index in [0.29, 0.717) is 17.8 Å². The molecule has 5 heteroatoms. The highest BCUT2D eigenvalue weighted by molar-refractivity contribution is 5.99. The smallest absolute Gasteiger partial charge is 0.270 e. The highest BCUT2D eigenvalue weighted by Gasteiger charge is 2.29. The Morgan fingerprint density at radius 2 is 2.22 bits per heavy atom. The molecule has 5 nitrogen and oxygen atoms in total. The molecule has 1 aromatic heterocycles. The number of likely N-dealkylation sites (tertiary alicyclic amines) is 1. The molecule has 1 fully saturated rings. The Morgan fingerprint density at radius 3 is 2.78 bits per heavy atom. The molecular formula is C13H19N3O2. The van der Waals surface area contributed by atoms with Gasteiger partial charge in [0.1, 0.15) is 5.69 Å². The maximum Gasteiger partial charge on any atom is 0.270 e. The molecule has 1 atom stereocenters. The summed E-state index contributed by atoms with van der Waals surface area (Å²) in [5, 5.41) is 0. The van der Waals surface area contributed by atoms with Crippen molar-refractivity contribution >= 4 is 11.7 Å². The van der Waals surface area contributed by atoms with Crippen molar-refractivity contribution in [2.24, 2.45) is 12.8 Å². The Hall–Kier alpha value is -1.62. The summed E-state index contributed by atoms with van der Waals surface area (Å²) >= 11 is 0. The van der Waals surface area contributed by atoms with Gasteiger partial charge in [0.2, 0.25) is 0 Å². The van der Waals surface area contributed by atoms with Gasteiger partial charge < -0.3 is 15.2 Å². The van der Waals surface area contributed by atoms with Crippen LogP contribution in [-0.4, -0.2) is 40.3 Å². The molecule has 0 aromatic carbocycles. The summed E-state index contributed by atoms with van der Waals surface area (Å²) in [5.41, 5.74) is 6.81. The lowest BCUT2D eigenvalue weighted by atomic mass is 10.2. The van der Waals surface area contributed by atoms with E-state index in [1.54, 1.807) is 23.9 Å². The molecule has 0 bridgehead atoms. The Bertz CT molecular complexity index is 479. The normalized spacial score (nSPS) is 19.3. The van der Waals surface area contributed by atoms with Crippen LogP contribution in [-0.2, 0) is 7.05 Å². The summed E-state index contributed by atoms with van der Waals surface area (Å²) < 4.78 is 1.71. The van der Waals surface area contributed by atoms with Crippen LogP contribution in [0.5, 0.6) is 0 Å². The molecule has 2 heterocycles. The van der Waals surface area contributed by atoms with Crippen LogP contribution in [0.25, 0.3) is 0 Å². The third kappa shape index (κ3) is 2.18. The fourth-order valence-corrected chi connectivity index (χ4v) is 2.46. The molecule has 2 rings (SSSR count). The van der Waals surface area contributed by atoms with E-state index in [9.17, 15) is 9.59 Å². The quantitative estimate of drug-likeness (QED) is 0.805. The van der Waals surface area contributed by atoms with E-state index in [-0.39, 0.29) is 17.7 Å². The van der Waals surface area contributed by atoms with Gasteiger partial charge in [0.25, 0.3) is 5.91 Å². The van der Waals surface area contributed by atoms with Gasteiger partial charge in [-0.15, -0.1) is 0 Å². The second-order valence-electron chi connectivity index (χ2n) is 4.81. The van der Waals surface area contributed by atoms with Crippen molar-refractivity contribution in [1.29, 1.82) is 0 Å². The SMILES string of the molecule is CC(=O)c1cc(C(=O)N2CCCC2CN)n(C)c1. The average Bonchev–Trinajstić information content (AvgIpc) is 2.93. The van der Waals surface area contributed by atoms with E-state index in [1.165, 1.54) is 6.92 Å². The number of rotatable bonds is 3. The number of aromatic nitrogens is 1. The summed E-state index contributed by atoms with van der Waals surface area (Å²) in [6, 6.07) is 1.80. The van der Waals surface area contributed by atoms with Gasteiger partial charge in [-0.1, -0.05) is 0 Å². The standard InChI is InChI=1S/C13H19N3O2/c1-9(17)10-6-12(15(2)8-10)13(18)16-5-3-4-11(16)7-14/h6,8,11H,3-5,7,14H2,1-2H3. The predicted molar refractivity (Wildman–Crippen MR) is 68.5 cm³/mol. The molecule has 0 aliphatic carbocycles. The first kappa shape index (κ1) is 12.8. The first-order valence-corrected chi connectivity index (χ1v) is 6.23. The van der Waals surface area contributed by atoms with E-state index >= 15 is 0 Å². The fraction of sp³-hybridized carbons (Fsp3) is 0.538. The lowest BCUT2D eigenvalue weighted by Gasteiger charge is -2.23. The molecular weight excluding hydrogens is 230 g/mol. The van der Waals surface area contributed by atoms with Crippen molar-refractivity contribution in [2.45, 2.75) is 25.8 Å². The summed E-state index contributed by atoms with van der Waals surface area (Å²) in [6.07, 6.45) is 3.66. The molecule has 2 N–H and O–H groups in total. The number of carbonyl (C=O) groups excluding carboxylic acids is 2. The lowest BCUT2D eigenvalue weighted by Crippen LogP contribution is -2.40. The Labute approximate surface area is 107 Å². The Morgan fingerprint density at radius 1 is 1.50 bits per heavy atom. The van der Waals surface area contributed by atoms with Crippen LogP contribution in [0.2, 0.25) is 0 Å². The fourth-order valence-electron chi connectivity index (χ4n) is 2.46. The summed E-state index contributed by atoms with van der Waals surface area (Å²) in [4.78, 5) is 25.5. The first-order chi connectivity index (χ1) is 8.54. The molecule has 98 valence electrons. The van der Waals surface area contributed by atoms with Crippen LogP contribution in [0.15, 0.2) is 12.3 Å². The molecule has 1 aliphatic rings. The van der Waals surface area contributed by atoms with Crippen molar-refractivity contribution in [3.63, 3.8) is 0 Å². The summed E-state index contributed by atoms with van der Waals surface area (Å²) in [5.74, 6) is -0.0561. The zero-order valence-corrected chi connectivity index (χ0v) is 10.8. The number of carbonyl (C=O) groups is 2. The van der Waals surface area contributed by atoms with Crippen molar-refractivity contribution in [1.82, 2.24) is 9.47 Å². The van der Waals surface area contributed by atoms with Gasteiger partial charge in [0.05, 0.1) is 0 Å². The maximum absolute atomic E-state index is 12.4. The minimum absolute atomic E-state index is 0.0264. The number of ketones is 1. The molecule has 0 saturated carbocycles. The average molecular weight is 249 g/mol. The molecule has 18 heavy (non-hydrogen) atoms. The first-order valence-electron chi connectivity index (χ1n) is 6.23. The van der Waals surface area contributed by atoms with Crippen LogP contribution in [0.4, 0.5) is 0 Å². The predicted octanol–water partition coefficient (Wildman–Crippen LogP) is 0.791. The van der Waals surface area contributed by atoms with Crippen molar-refractivity contribution in [3.05, 3.63) is 23.5 Å². The van der Waals surface area contributed by atoms with Gasteiger partial charge >= 0.3 is 0 Å². The zero-order valence-electron chi connectivity index (χ0n) is 10.8. The number of hydrogen-bond acceptors (Lipinski definition) is 3. The highest BCUT2D eigenvalue weighted by atomic mass is 16.2. The largest absolute Gasteiger partial charge is 0.346 e. The molecule has 1 saturated heterocycles. The second-order valence-corrected chi connectivity index (χ2v) is 4.81. The van der Waals surface area contributed by atoms with Gasteiger partial charge in [0.15, 0.2) is 5.78 Å². The van der Waals surface area contributed by atoms with Gasteiger partial charge in [-0.3, -0.25) is 9.59 Å². The number of nitrogens with two attached hydrogens (primary N) is 1. The third-order valence-electron chi connectivity index (χ3n) is 3.54. The molecule has 1 aromatic rings. The minimum atomic E-state index is -0.0297. The van der Waals surface area contributed by atoms with E-state index in [2.05, 4.69) is 0 Å². The molecule has 0 radical (unpaired) electrons. The topological polar surface area (TPSA) is 68.3 Å². The van der Waals surface area contributed by atoms with Crippen LogP contribution in [0.3, 0.4) is 0 Å². The van der Waals surface area contributed by atoms with E-state index in [4.69, 9.17) is 5.73 Å². The number of amides is 1. The summed E-state index contributed by atoms with van der Waals surface area (Å²) in [6.45, 7) is 2.75. The molecule has 1 aliphatic heterocycles. The number of Topliss-reactive ketones (excluding diaryl/α,β-unsaturated/α-hetero) is 1. The van der Waals surface area contributed by atoms with Crippen LogP contribution in [0.1, 0.15) is 40.6 Å². The van der Waals surface area contributed by atoms with Crippen molar-refractivity contribution in [2.75, 3.05) is 13.1 Å². The second kappa shape index (κ2) is 4.94. The van der Waals surface area contributed by atoms with Crippen molar-refractivity contribution in [3.8, 4) is 0 Å². The van der Waals surface area contributed by atoms with E-state index in [1.807, 2.05) is 4.90 Å². The Balaban J connectivity index is 2.25. The zero-order chi connectivity index (χ0) is 13.3. The molecule has 1 amide bonds. The maximum atomic E-state index is 12.4. The van der Waals surface area contributed by atoms with Gasteiger partial charge in [-0.05, 0) is 25.8 Å². The highest BCUT2D eigenvalue weighted by Crippen LogP contribution is 2.20. The van der Waals surface area contributed by atoms with Crippen LogP contribution >= 0.6 is 0 Å². The minimum Gasteiger partial charge on any atom is -0.346 e. The van der Waals surface area contributed by atoms with Gasteiger partial charge in [0, 0.05) is 37.9 Å². The monoisotopic (exact) mass is 249 g/mol. The lowest BCUT2D eigenvalue weighted by molar-refractivity contribution is 0.0731. The van der Waals surface area contributed by atoms with Crippen molar-refractivity contribution < 1.29 is 9.59 Å². The Kier molecular flexibility index (Phi) is 3.52. The van der Waals surface area contributed by atoms with Crippen LogP contribution < -0.4 is 5.73 Å². The van der Waals surface area contributed by atoms with E-state index < -0.39 is 0 Å². The number of hydrogen-bond donors (Lipinski definition) is 1. The number of aryl methyl sites for hydroxylation is 1. The molecule has 0 spiro atoms. The third-order valence-corrected chi connectivity index (χ3v) is 3.54. The summed E-state index contributed by atoms with van der Waals surface area (Å²) in [7, 11) is 1.78. The molecule has 1 unspecified atom stereocenters. The van der Waals surface area contributed by atoms with Crippen LogP contribution in [0, 0.1) is 0 Å².